The van der Waals surface area contributed by atoms with Crippen LogP contribution in [-0.4, -0.2) is 18.0 Å². The standard InChI is InChI=1S/C11H12N4O2/c12-5-1-2-6-14-10-7-9(8-13)3-4-11(10)15(16)17/h1-4,7,14H,5-6,12H2/b2-1+. The molecule has 1 rings (SSSR count). The van der Waals surface area contributed by atoms with E-state index in [2.05, 4.69) is 5.32 Å². The minimum atomic E-state index is -0.490. The Balaban J connectivity index is 2.90. The van der Waals surface area contributed by atoms with Crippen LogP contribution in [0.4, 0.5) is 11.4 Å². The maximum Gasteiger partial charge on any atom is 0.292 e. The second kappa shape index (κ2) is 6.25. The van der Waals surface area contributed by atoms with Crippen LogP contribution in [0.3, 0.4) is 0 Å². The van der Waals surface area contributed by atoms with E-state index >= 15 is 0 Å². The van der Waals surface area contributed by atoms with Crippen LogP contribution in [0.5, 0.6) is 0 Å². The molecule has 0 bridgehead atoms. The van der Waals surface area contributed by atoms with Crippen LogP contribution in [0.1, 0.15) is 5.56 Å². The fourth-order valence-corrected chi connectivity index (χ4v) is 1.25. The molecule has 0 unspecified atom stereocenters. The normalized spacial score (nSPS) is 10.1. The van der Waals surface area contributed by atoms with Gasteiger partial charge in [0.05, 0.1) is 16.6 Å². The highest BCUT2D eigenvalue weighted by Crippen LogP contribution is 2.24. The fraction of sp³-hybridized carbons (Fsp3) is 0.182. The van der Waals surface area contributed by atoms with Gasteiger partial charge in [0, 0.05) is 19.2 Å². The van der Waals surface area contributed by atoms with Crippen molar-refractivity contribution in [2.75, 3.05) is 18.4 Å². The van der Waals surface area contributed by atoms with Gasteiger partial charge >= 0.3 is 0 Å². The molecular weight excluding hydrogens is 220 g/mol. The van der Waals surface area contributed by atoms with E-state index in [1.165, 1.54) is 18.2 Å². The Morgan fingerprint density at radius 2 is 2.29 bits per heavy atom. The Bertz CT molecular complexity index is 477. The van der Waals surface area contributed by atoms with Crippen LogP contribution in [0.15, 0.2) is 30.4 Å². The van der Waals surface area contributed by atoms with Gasteiger partial charge in [0.25, 0.3) is 5.69 Å². The molecule has 0 aliphatic heterocycles. The van der Waals surface area contributed by atoms with Crippen molar-refractivity contribution in [2.45, 2.75) is 0 Å². The molecule has 0 spiro atoms. The first-order valence-corrected chi connectivity index (χ1v) is 4.96. The lowest BCUT2D eigenvalue weighted by Crippen LogP contribution is -2.03. The van der Waals surface area contributed by atoms with Crippen molar-refractivity contribution in [3.63, 3.8) is 0 Å². The zero-order valence-electron chi connectivity index (χ0n) is 9.09. The van der Waals surface area contributed by atoms with Gasteiger partial charge in [-0.05, 0) is 12.1 Å². The van der Waals surface area contributed by atoms with Gasteiger partial charge in [0.15, 0.2) is 0 Å². The van der Waals surface area contributed by atoms with E-state index in [1.54, 1.807) is 12.2 Å². The Morgan fingerprint density at radius 1 is 1.53 bits per heavy atom. The number of benzene rings is 1. The second-order valence-electron chi connectivity index (χ2n) is 3.19. The first-order chi connectivity index (χ1) is 8.19. The summed E-state index contributed by atoms with van der Waals surface area (Å²) < 4.78 is 0. The minimum Gasteiger partial charge on any atom is -0.376 e. The topological polar surface area (TPSA) is 105 Å². The fourth-order valence-electron chi connectivity index (χ4n) is 1.25. The van der Waals surface area contributed by atoms with Crippen molar-refractivity contribution in [2.24, 2.45) is 5.73 Å². The van der Waals surface area contributed by atoms with Gasteiger partial charge in [0.2, 0.25) is 0 Å². The number of nitrogens with zero attached hydrogens (tertiary/aromatic N) is 2. The van der Waals surface area contributed by atoms with Gasteiger partial charge < -0.3 is 11.1 Å². The van der Waals surface area contributed by atoms with Crippen LogP contribution in [0.2, 0.25) is 0 Å². The highest BCUT2D eigenvalue weighted by Gasteiger charge is 2.13. The minimum absolute atomic E-state index is 0.0508. The Morgan fingerprint density at radius 3 is 2.88 bits per heavy atom. The zero-order chi connectivity index (χ0) is 12.7. The summed E-state index contributed by atoms with van der Waals surface area (Å²) in [5.74, 6) is 0. The molecule has 0 saturated carbocycles. The molecule has 0 heterocycles. The molecule has 1 aromatic carbocycles. The smallest absolute Gasteiger partial charge is 0.292 e. The molecule has 3 N–H and O–H groups in total. The molecule has 0 radical (unpaired) electrons. The third-order valence-electron chi connectivity index (χ3n) is 2.04. The first-order valence-electron chi connectivity index (χ1n) is 4.96. The van der Waals surface area contributed by atoms with E-state index in [1.807, 2.05) is 6.07 Å². The molecule has 0 aromatic heterocycles. The number of hydrogen-bond acceptors (Lipinski definition) is 5. The molecule has 6 nitrogen and oxygen atoms in total. The summed E-state index contributed by atoms with van der Waals surface area (Å²) in [6.45, 7) is 0.842. The number of hydrogen-bond donors (Lipinski definition) is 2. The number of anilines is 1. The predicted molar refractivity (Wildman–Crippen MR) is 64.5 cm³/mol. The van der Waals surface area contributed by atoms with Gasteiger partial charge in [-0.15, -0.1) is 0 Å². The molecule has 88 valence electrons. The molecule has 0 saturated heterocycles. The number of rotatable bonds is 5. The Hall–Kier alpha value is -2.39. The highest BCUT2D eigenvalue weighted by atomic mass is 16.6. The number of nitrogens with two attached hydrogens (primary N) is 1. The van der Waals surface area contributed by atoms with Crippen LogP contribution in [-0.2, 0) is 0 Å². The molecular formula is C11H12N4O2. The second-order valence-corrected chi connectivity index (χ2v) is 3.19. The average Bonchev–Trinajstić information content (AvgIpc) is 2.34. The van der Waals surface area contributed by atoms with Gasteiger partial charge in [-0.1, -0.05) is 12.2 Å². The maximum absolute atomic E-state index is 10.8. The summed E-state index contributed by atoms with van der Waals surface area (Å²) >= 11 is 0. The summed E-state index contributed by atoms with van der Waals surface area (Å²) in [6.07, 6.45) is 3.51. The van der Waals surface area contributed by atoms with Gasteiger partial charge in [-0.25, -0.2) is 0 Å². The molecule has 6 heteroatoms. The summed E-state index contributed by atoms with van der Waals surface area (Å²) in [5.41, 5.74) is 5.92. The monoisotopic (exact) mass is 232 g/mol. The molecule has 0 aliphatic carbocycles. The van der Waals surface area contributed by atoms with E-state index in [0.29, 0.717) is 24.3 Å². The quantitative estimate of drug-likeness (QED) is 0.453. The number of nitrogens with one attached hydrogen (secondary N) is 1. The molecule has 0 amide bonds. The predicted octanol–water partition coefficient (Wildman–Crippen LogP) is 1.39. The highest BCUT2D eigenvalue weighted by molar-refractivity contribution is 5.64. The molecule has 1 aromatic rings. The Labute approximate surface area is 98.5 Å². The number of nitriles is 1. The first kappa shape index (κ1) is 12.7. The third-order valence-corrected chi connectivity index (χ3v) is 2.04. The summed E-state index contributed by atoms with van der Waals surface area (Å²) in [4.78, 5) is 10.3. The third kappa shape index (κ3) is 3.59. The van der Waals surface area contributed by atoms with Crippen LogP contribution >= 0.6 is 0 Å². The van der Waals surface area contributed by atoms with E-state index < -0.39 is 4.92 Å². The van der Waals surface area contributed by atoms with Crippen molar-refractivity contribution in [1.29, 1.82) is 5.26 Å². The van der Waals surface area contributed by atoms with Crippen molar-refractivity contribution in [1.82, 2.24) is 0 Å². The van der Waals surface area contributed by atoms with Crippen molar-refractivity contribution in [3.8, 4) is 6.07 Å². The lowest BCUT2D eigenvalue weighted by atomic mass is 10.2. The van der Waals surface area contributed by atoms with Crippen LogP contribution < -0.4 is 11.1 Å². The van der Waals surface area contributed by atoms with E-state index in [9.17, 15) is 10.1 Å². The van der Waals surface area contributed by atoms with E-state index in [0.717, 1.165) is 0 Å². The average molecular weight is 232 g/mol. The lowest BCUT2D eigenvalue weighted by Gasteiger charge is -2.04. The molecule has 17 heavy (non-hydrogen) atoms. The van der Waals surface area contributed by atoms with Crippen molar-refractivity contribution in [3.05, 3.63) is 46.0 Å². The van der Waals surface area contributed by atoms with Gasteiger partial charge in [-0.3, -0.25) is 10.1 Å². The summed E-state index contributed by atoms with van der Waals surface area (Å²) in [5, 5.41) is 22.3. The number of nitro groups is 1. The molecule has 0 atom stereocenters. The lowest BCUT2D eigenvalue weighted by molar-refractivity contribution is -0.384. The zero-order valence-corrected chi connectivity index (χ0v) is 9.09. The van der Waals surface area contributed by atoms with E-state index in [-0.39, 0.29) is 5.69 Å². The number of nitro benzene ring substituents is 1. The summed E-state index contributed by atoms with van der Waals surface area (Å²) in [6, 6.07) is 6.12. The van der Waals surface area contributed by atoms with Crippen LogP contribution in [0.25, 0.3) is 0 Å². The Kier molecular flexibility index (Phi) is 4.66. The molecule has 0 fully saturated rings. The summed E-state index contributed by atoms with van der Waals surface area (Å²) in [7, 11) is 0. The van der Waals surface area contributed by atoms with Gasteiger partial charge in [0.1, 0.15) is 5.69 Å². The largest absolute Gasteiger partial charge is 0.376 e. The molecule has 0 aliphatic rings. The van der Waals surface area contributed by atoms with Crippen LogP contribution in [0, 0.1) is 21.4 Å². The van der Waals surface area contributed by atoms with Crippen molar-refractivity contribution >= 4 is 11.4 Å². The SMILES string of the molecule is N#Cc1ccc([N+](=O)[O-])c(NC/C=C/CN)c1. The van der Waals surface area contributed by atoms with Gasteiger partial charge in [-0.2, -0.15) is 5.26 Å². The maximum atomic E-state index is 10.8. The van der Waals surface area contributed by atoms with E-state index in [4.69, 9.17) is 11.0 Å². The van der Waals surface area contributed by atoms with Crippen molar-refractivity contribution < 1.29 is 4.92 Å².